The maximum absolute atomic E-state index is 6.33. The van der Waals surface area contributed by atoms with Gasteiger partial charge in [-0.15, -0.1) is 0 Å². The highest BCUT2D eigenvalue weighted by atomic mass is 79.9. The van der Waals surface area contributed by atoms with Crippen molar-refractivity contribution in [1.82, 2.24) is 0 Å². The number of hydrogen-bond donors (Lipinski definition) is 1. The Bertz CT molecular complexity index is 576. The summed E-state index contributed by atoms with van der Waals surface area (Å²) in [5, 5.41) is 0. The highest BCUT2D eigenvalue weighted by Gasteiger charge is 2.11. The van der Waals surface area contributed by atoms with Crippen molar-refractivity contribution in [2.75, 3.05) is 0 Å². The van der Waals surface area contributed by atoms with E-state index < -0.39 is 0 Å². The van der Waals surface area contributed by atoms with Crippen molar-refractivity contribution < 1.29 is 0 Å². The predicted octanol–water partition coefficient (Wildman–Crippen LogP) is 5.58. The zero-order chi connectivity index (χ0) is 14.7. The molecule has 2 rings (SSSR count). The Morgan fingerprint density at radius 3 is 2.20 bits per heavy atom. The molecule has 3 heteroatoms. The minimum absolute atomic E-state index is 0.00220. The van der Waals surface area contributed by atoms with Crippen LogP contribution < -0.4 is 5.73 Å². The summed E-state index contributed by atoms with van der Waals surface area (Å²) in [6.45, 7) is 4.42. The molecular weight excluding hydrogens is 378 g/mol. The van der Waals surface area contributed by atoms with Crippen molar-refractivity contribution in [3.05, 3.63) is 68.1 Å². The van der Waals surface area contributed by atoms with E-state index in [2.05, 4.69) is 76.0 Å². The first-order valence-corrected chi connectivity index (χ1v) is 8.35. The van der Waals surface area contributed by atoms with Gasteiger partial charge in [-0.2, -0.15) is 0 Å². The average molecular weight is 397 g/mol. The molecule has 20 heavy (non-hydrogen) atoms. The van der Waals surface area contributed by atoms with Crippen molar-refractivity contribution in [1.29, 1.82) is 0 Å². The van der Waals surface area contributed by atoms with Crippen molar-refractivity contribution in [3.63, 3.8) is 0 Å². The van der Waals surface area contributed by atoms with Gasteiger partial charge in [0.2, 0.25) is 0 Å². The molecule has 2 N–H and O–H groups in total. The molecule has 0 aliphatic heterocycles. The molecule has 0 aromatic heterocycles. The van der Waals surface area contributed by atoms with E-state index in [1.54, 1.807) is 0 Å². The van der Waals surface area contributed by atoms with Crippen LogP contribution in [0.2, 0.25) is 0 Å². The molecule has 0 heterocycles. The van der Waals surface area contributed by atoms with Gasteiger partial charge in [-0.25, -0.2) is 0 Å². The topological polar surface area (TPSA) is 26.0 Å². The Kier molecular flexibility index (Phi) is 5.42. The first kappa shape index (κ1) is 15.7. The minimum Gasteiger partial charge on any atom is -0.324 e. The lowest BCUT2D eigenvalue weighted by atomic mass is 9.96. The molecule has 0 fully saturated rings. The Morgan fingerprint density at radius 1 is 1.00 bits per heavy atom. The highest BCUT2D eigenvalue weighted by Crippen LogP contribution is 2.28. The lowest BCUT2D eigenvalue weighted by molar-refractivity contribution is 0.717. The molecule has 1 nitrogen and oxygen atoms in total. The van der Waals surface area contributed by atoms with Gasteiger partial charge in [0.05, 0.1) is 0 Å². The average Bonchev–Trinajstić information content (AvgIpc) is 2.39. The zero-order valence-electron chi connectivity index (χ0n) is 11.7. The molecule has 1 unspecified atom stereocenters. The Morgan fingerprint density at radius 2 is 1.65 bits per heavy atom. The summed E-state index contributed by atoms with van der Waals surface area (Å²) in [6, 6.07) is 14.9. The maximum atomic E-state index is 6.33. The van der Waals surface area contributed by atoms with Crippen LogP contribution in [-0.4, -0.2) is 0 Å². The second-order valence-electron chi connectivity index (χ2n) is 5.37. The van der Waals surface area contributed by atoms with Crippen LogP contribution in [0, 0.1) is 0 Å². The fraction of sp³-hybridized carbons (Fsp3) is 0.294. The number of benzene rings is 2. The SMILES string of the molecule is CC(C)c1ccc(CC(N)c2ccc(Br)cc2Br)cc1. The van der Waals surface area contributed by atoms with E-state index in [1.807, 2.05) is 12.1 Å². The summed E-state index contributed by atoms with van der Waals surface area (Å²) < 4.78 is 2.11. The number of rotatable bonds is 4. The van der Waals surface area contributed by atoms with E-state index in [1.165, 1.54) is 11.1 Å². The Labute approximate surface area is 137 Å². The first-order chi connectivity index (χ1) is 9.47. The van der Waals surface area contributed by atoms with Gasteiger partial charge in [0, 0.05) is 15.0 Å². The third kappa shape index (κ3) is 3.94. The van der Waals surface area contributed by atoms with E-state index in [0.29, 0.717) is 5.92 Å². The van der Waals surface area contributed by atoms with Crippen LogP contribution in [-0.2, 0) is 6.42 Å². The Balaban J connectivity index is 2.12. The molecule has 1 atom stereocenters. The molecule has 0 bridgehead atoms. The van der Waals surface area contributed by atoms with Gasteiger partial charge >= 0.3 is 0 Å². The second-order valence-corrected chi connectivity index (χ2v) is 7.14. The van der Waals surface area contributed by atoms with Crippen LogP contribution in [0.5, 0.6) is 0 Å². The van der Waals surface area contributed by atoms with E-state index in [-0.39, 0.29) is 6.04 Å². The van der Waals surface area contributed by atoms with Gasteiger partial charge in [0.1, 0.15) is 0 Å². The van der Waals surface area contributed by atoms with Gasteiger partial charge in [-0.3, -0.25) is 0 Å². The van der Waals surface area contributed by atoms with Gasteiger partial charge in [-0.05, 0) is 41.2 Å². The molecule has 2 aromatic carbocycles. The summed E-state index contributed by atoms with van der Waals surface area (Å²) in [5.74, 6) is 0.568. The zero-order valence-corrected chi connectivity index (χ0v) is 14.9. The number of halogens is 2. The van der Waals surface area contributed by atoms with Crippen molar-refractivity contribution in [2.24, 2.45) is 5.73 Å². The molecule has 0 spiro atoms. The number of hydrogen-bond acceptors (Lipinski definition) is 1. The van der Waals surface area contributed by atoms with Crippen molar-refractivity contribution >= 4 is 31.9 Å². The van der Waals surface area contributed by atoms with Crippen LogP contribution in [0.25, 0.3) is 0 Å². The van der Waals surface area contributed by atoms with Crippen LogP contribution in [0.4, 0.5) is 0 Å². The molecular formula is C17H19Br2N. The van der Waals surface area contributed by atoms with Gasteiger partial charge in [0.25, 0.3) is 0 Å². The molecule has 0 aliphatic carbocycles. The molecule has 2 aromatic rings. The fourth-order valence-electron chi connectivity index (χ4n) is 2.20. The van der Waals surface area contributed by atoms with Gasteiger partial charge in [-0.1, -0.05) is 76.0 Å². The van der Waals surface area contributed by atoms with Crippen LogP contribution in [0.15, 0.2) is 51.4 Å². The number of nitrogens with two attached hydrogens (primary N) is 1. The van der Waals surface area contributed by atoms with Crippen LogP contribution in [0.1, 0.15) is 42.5 Å². The third-order valence-corrected chi connectivity index (χ3v) is 4.64. The first-order valence-electron chi connectivity index (χ1n) is 6.76. The maximum Gasteiger partial charge on any atom is 0.0347 e. The van der Waals surface area contributed by atoms with Gasteiger partial charge < -0.3 is 5.73 Å². The summed E-state index contributed by atoms with van der Waals surface area (Å²) in [5.41, 5.74) is 10.1. The third-order valence-electron chi connectivity index (χ3n) is 3.46. The second kappa shape index (κ2) is 6.88. The molecule has 0 saturated carbocycles. The molecule has 0 amide bonds. The largest absolute Gasteiger partial charge is 0.324 e. The van der Waals surface area contributed by atoms with Crippen LogP contribution in [0.3, 0.4) is 0 Å². The highest BCUT2D eigenvalue weighted by molar-refractivity contribution is 9.11. The standard InChI is InChI=1S/C17H19Br2N/c1-11(2)13-5-3-12(4-6-13)9-17(20)15-8-7-14(18)10-16(15)19/h3-8,10-11,17H,9,20H2,1-2H3. The summed E-state index contributed by atoms with van der Waals surface area (Å²) in [7, 11) is 0. The van der Waals surface area contributed by atoms with Crippen LogP contribution >= 0.6 is 31.9 Å². The molecule has 0 saturated heterocycles. The summed E-state index contributed by atoms with van der Waals surface area (Å²) in [6.07, 6.45) is 0.846. The fourth-order valence-corrected chi connectivity index (χ4v) is 3.55. The van der Waals surface area contributed by atoms with Gasteiger partial charge in [0.15, 0.2) is 0 Å². The Hall–Kier alpha value is -0.640. The van der Waals surface area contributed by atoms with E-state index >= 15 is 0 Å². The lowest BCUT2D eigenvalue weighted by Gasteiger charge is -2.15. The predicted molar refractivity (Wildman–Crippen MR) is 93.0 cm³/mol. The monoisotopic (exact) mass is 395 g/mol. The lowest BCUT2D eigenvalue weighted by Crippen LogP contribution is -2.14. The summed E-state index contributed by atoms with van der Waals surface area (Å²) in [4.78, 5) is 0. The minimum atomic E-state index is 0.00220. The van der Waals surface area contributed by atoms with Crippen molar-refractivity contribution in [2.45, 2.75) is 32.2 Å². The molecule has 106 valence electrons. The molecule has 0 radical (unpaired) electrons. The van der Waals surface area contributed by atoms with E-state index in [4.69, 9.17) is 5.73 Å². The quantitative estimate of drug-likeness (QED) is 0.717. The van der Waals surface area contributed by atoms with E-state index in [0.717, 1.165) is 20.9 Å². The molecule has 0 aliphatic rings. The normalized spacial score (nSPS) is 12.7. The van der Waals surface area contributed by atoms with E-state index in [9.17, 15) is 0 Å². The smallest absolute Gasteiger partial charge is 0.0347 e. The summed E-state index contributed by atoms with van der Waals surface area (Å²) >= 11 is 7.04. The van der Waals surface area contributed by atoms with Crippen molar-refractivity contribution in [3.8, 4) is 0 Å².